The molecule has 0 amide bonds. The fourth-order valence-electron chi connectivity index (χ4n) is 2.67. The van der Waals surface area contributed by atoms with Gasteiger partial charge >= 0.3 is 0 Å². The molecule has 5 heteroatoms. The van der Waals surface area contributed by atoms with E-state index in [1.54, 1.807) is 6.07 Å². The molecule has 0 saturated heterocycles. The Kier molecular flexibility index (Phi) is 6.84. The zero-order valence-corrected chi connectivity index (χ0v) is 14.3. The van der Waals surface area contributed by atoms with E-state index in [4.69, 9.17) is 5.73 Å². The third kappa shape index (κ3) is 4.53. The first-order valence-electron chi connectivity index (χ1n) is 7.73. The van der Waals surface area contributed by atoms with Crippen molar-refractivity contribution in [2.75, 3.05) is 0 Å². The van der Waals surface area contributed by atoms with Crippen LogP contribution in [0.1, 0.15) is 51.7 Å². The summed E-state index contributed by atoms with van der Waals surface area (Å²) < 4.78 is 28.2. The van der Waals surface area contributed by atoms with Crippen LogP contribution >= 0.6 is 0 Å². The van der Waals surface area contributed by atoms with Gasteiger partial charge in [-0.2, -0.15) is 0 Å². The van der Waals surface area contributed by atoms with Crippen LogP contribution in [0.25, 0.3) is 0 Å². The highest BCUT2D eigenvalue weighted by atomic mass is 32.2. The van der Waals surface area contributed by atoms with E-state index in [9.17, 15) is 8.42 Å². The van der Waals surface area contributed by atoms with Gasteiger partial charge in [0.15, 0.2) is 0 Å². The summed E-state index contributed by atoms with van der Waals surface area (Å²) in [6.45, 7) is 8.42. The lowest BCUT2D eigenvalue weighted by Gasteiger charge is -2.23. The van der Waals surface area contributed by atoms with Gasteiger partial charge in [0.2, 0.25) is 10.0 Å². The van der Waals surface area contributed by atoms with Gasteiger partial charge in [-0.3, -0.25) is 0 Å². The zero-order valence-electron chi connectivity index (χ0n) is 13.5. The molecular weight excluding hydrogens is 284 g/mol. The molecule has 1 atom stereocenters. The minimum Gasteiger partial charge on any atom is -0.326 e. The summed E-state index contributed by atoms with van der Waals surface area (Å²) in [6.07, 6.45) is 2.60. The van der Waals surface area contributed by atoms with Gasteiger partial charge in [-0.1, -0.05) is 45.7 Å². The summed E-state index contributed by atoms with van der Waals surface area (Å²) in [4.78, 5) is 0.366. The topological polar surface area (TPSA) is 72.2 Å². The Bertz CT molecular complexity index is 551. The van der Waals surface area contributed by atoms with Gasteiger partial charge in [0, 0.05) is 12.6 Å². The molecule has 0 aliphatic rings. The Balaban J connectivity index is 3.12. The molecule has 0 aliphatic heterocycles. The SMILES string of the molecule is CCc1ccc(CN)cc1S(=O)(=O)NC(C)C(CC)CC. The quantitative estimate of drug-likeness (QED) is 0.775. The Morgan fingerprint density at radius 2 is 1.81 bits per heavy atom. The van der Waals surface area contributed by atoms with Gasteiger partial charge in [-0.15, -0.1) is 0 Å². The number of nitrogens with one attached hydrogen (secondary N) is 1. The third-order valence-electron chi connectivity index (χ3n) is 4.13. The van der Waals surface area contributed by atoms with Crippen molar-refractivity contribution in [3.05, 3.63) is 29.3 Å². The average molecular weight is 312 g/mol. The van der Waals surface area contributed by atoms with E-state index in [-0.39, 0.29) is 6.04 Å². The fraction of sp³-hybridized carbons (Fsp3) is 0.625. The summed E-state index contributed by atoms with van der Waals surface area (Å²) in [7, 11) is -3.51. The highest BCUT2D eigenvalue weighted by Gasteiger charge is 2.23. The Morgan fingerprint density at radius 1 is 1.19 bits per heavy atom. The van der Waals surface area contributed by atoms with Gasteiger partial charge in [-0.25, -0.2) is 13.1 Å². The van der Waals surface area contributed by atoms with E-state index in [0.717, 1.165) is 24.0 Å². The minimum absolute atomic E-state index is 0.0729. The molecule has 0 heterocycles. The normalized spacial score (nSPS) is 13.6. The number of aryl methyl sites for hydroxylation is 1. The van der Waals surface area contributed by atoms with Crippen LogP contribution in [0.5, 0.6) is 0 Å². The lowest BCUT2D eigenvalue weighted by atomic mass is 9.96. The molecule has 1 aromatic carbocycles. The molecule has 4 nitrogen and oxygen atoms in total. The van der Waals surface area contributed by atoms with Crippen molar-refractivity contribution in [3.8, 4) is 0 Å². The number of sulfonamides is 1. The maximum absolute atomic E-state index is 12.7. The van der Waals surface area contributed by atoms with Crippen LogP contribution in [0.15, 0.2) is 23.1 Å². The van der Waals surface area contributed by atoms with Crippen molar-refractivity contribution in [3.63, 3.8) is 0 Å². The largest absolute Gasteiger partial charge is 0.326 e. The molecule has 0 radical (unpaired) electrons. The number of hydrogen-bond acceptors (Lipinski definition) is 3. The van der Waals surface area contributed by atoms with E-state index >= 15 is 0 Å². The van der Waals surface area contributed by atoms with Gasteiger partial charge in [0.1, 0.15) is 0 Å². The van der Waals surface area contributed by atoms with E-state index in [0.29, 0.717) is 23.8 Å². The number of hydrogen-bond donors (Lipinski definition) is 2. The zero-order chi connectivity index (χ0) is 16.0. The van der Waals surface area contributed by atoms with E-state index in [1.807, 2.05) is 26.0 Å². The van der Waals surface area contributed by atoms with E-state index in [1.165, 1.54) is 0 Å². The molecule has 1 rings (SSSR count). The van der Waals surface area contributed by atoms with Crippen molar-refractivity contribution in [2.45, 2.75) is 64.4 Å². The first-order valence-corrected chi connectivity index (χ1v) is 9.22. The number of nitrogens with two attached hydrogens (primary N) is 1. The summed E-state index contributed by atoms with van der Waals surface area (Å²) in [5, 5.41) is 0. The number of rotatable bonds is 8. The van der Waals surface area contributed by atoms with E-state index in [2.05, 4.69) is 18.6 Å². The van der Waals surface area contributed by atoms with Crippen molar-refractivity contribution >= 4 is 10.0 Å². The minimum atomic E-state index is -3.51. The molecule has 1 aromatic rings. The highest BCUT2D eigenvalue weighted by molar-refractivity contribution is 7.89. The molecule has 0 bridgehead atoms. The van der Waals surface area contributed by atoms with Crippen LogP contribution in [0.3, 0.4) is 0 Å². The summed E-state index contributed by atoms with van der Waals surface area (Å²) in [6, 6.07) is 5.37. The average Bonchev–Trinajstić information content (AvgIpc) is 2.47. The van der Waals surface area contributed by atoms with Gasteiger partial charge in [0.05, 0.1) is 4.90 Å². The van der Waals surface area contributed by atoms with Crippen molar-refractivity contribution in [2.24, 2.45) is 11.7 Å². The second-order valence-electron chi connectivity index (χ2n) is 5.49. The molecule has 0 aliphatic carbocycles. The van der Waals surface area contributed by atoms with Crippen LogP contribution in [-0.4, -0.2) is 14.5 Å². The predicted molar refractivity (Wildman–Crippen MR) is 87.6 cm³/mol. The van der Waals surface area contributed by atoms with Crippen LogP contribution in [0.4, 0.5) is 0 Å². The van der Waals surface area contributed by atoms with Gasteiger partial charge in [0.25, 0.3) is 0 Å². The second-order valence-corrected chi connectivity index (χ2v) is 7.17. The molecule has 0 aromatic heterocycles. The first-order chi connectivity index (χ1) is 9.89. The standard InChI is InChI=1S/C16H28N2O2S/c1-5-14(6-2)12(4)18-21(19,20)16-10-13(11-17)8-9-15(16)7-3/h8-10,12,14,18H,5-7,11,17H2,1-4H3. The maximum Gasteiger partial charge on any atom is 0.241 e. The summed E-state index contributed by atoms with van der Waals surface area (Å²) in [5.74, 6) is 0.350. The Hall–Kier alpha value is -0.910. The third-order valence-corrected chi connectivity index (χ3v) is 5.78. The van der Waals surface area contributed by atoms with Gasteiger partial charge in [-0.05, 0) is 36.5 Å². The number of benzene rings is 1. The van der Waals surface area contributed by atoms with Gasteiger partial charge < -0.3 is 5.73 Å². The van der Waals surface area contributed by atoms with Crippen molar-refractivity contribution < 1.29 is 8.42 Å². The molecule has 0 fully saturated rings. The molecule has 0 spiro atoms. The smallest absolute Gasteiger partial charge is 0.241 e. The summed E-state index contributed by atoms with van der Waals surface area (Å²) >= 11 is 0. The highest BCUT2D eigenvalue weighted by Crippen LogP contribution is 2.21. The molecule has 1 unspecified atom stereocenters. The first kappa shape index (κ1) is 18.1. The van der Waals surface area contributed by atoms with Crippen LogP contribution in [0, 0.1) is 5.92 Å². The van der Waals surface area contributed by atoms with Crippen molar-refractivity contribution in [1.82, 2.24) is 4.72 Å². The Labute approximate surface area is 129 Å². The molecule has 3 N–H and O–H groups in total. The second kappa shape index (κ2) is 7.92. The molecule has 120 valence electrons. The monoisotopic (exact) mass is 312 g/mol. The summed E-state index contributed by atoms with van der Waals surface area (Å²) in [5.41, 5.74) is 7.30. The Morgan fingerprint density at radius 3 is 2.29 bits per heavy atom. The van der Waals surface area contributed by atoms with Crippen LogP contribution < -0.4 is 10.5 Å². The fourth-order valence-corrected chi connectivity index (χ4v) is 4.34. The van der Waals surface area contributed by atoms with E-state index < -0.39 is 10.0 Å². The van der Waals surface area contributed by atoms with Crippen LogP contribution in [0.2, 0.25) is 0 Å². The lowest BCUT2D eigenvalue weighted by molar-refractivity contribution is 0.390. The van der Waals surface area contributed by atoms with Crippen LogP contribution in [-0.2, 0) is 23.0 Å². The lowest BCUT2D eigenvalue weighted by Crippen LogP contribution is -2.38. The van der Waals surface area contributed by atoms with Crippen molar-refractivity contribution in [1.29, 1.82) is 0 Å². The molecular formula is C16H28N2O2S. The molecule has 21 heavy (non-hydrogen) atoms. The molecule has 0 saturated carbocycles. The maximum atomic E-state index is 12.7. The predicted octanol–water partition coefficient (Wildman–Crippen LogP) is 2.81.